The van der Waals surface area contributed by atoms with Crippen LogP contribution in [0.15, 0.2) is 36.4 Å². The smallest absolute Gasteiger partial charge is 0.410 e. The van der Waals surface area contributed by atoms with Crippen LogP contribution in [-0.4, -0.2) is 39.2 Å². The van der Waals surface area contributed by atoms with Gasteiger partial charge >= 0.3 is 6.09 Å². The lowest BCUT2D eigenvalue weighted by Crippen LogP contribution is -2.39. The zero-order valence-corrected chi connectivity index (χ0v) is 21.8. The number of rotatable bonds is 5. The van der Waals surface area contributed by atoms with E-state index in [4.69, 9.17) is 32.7 Å². The highest BCUT2D eigenvalue weighted by Crippen LogP contribution is 2.33. The zero-order chi connectivity index (χ0) is 25.2. The number of nitrogens with zero attached hydrogens (tertiary/aromatic N) is 3. The first kappa shape index (κ1) is 25.2. The maximum Gasteiger partial charge on any atom is 0.410 e. The number of para-hydroxylation sites is 1. The number of nitrogens with one attached hydrogen (secondary N) is 1. The minimum atomic E-state index is -0.544. The molecule has 1 N–H and O–H groups in total. The van der Waals surface area contributed by atoms with Gasteiger partial charge in [-0.3, -0.25) is 10.1 Å². The molecule has 0 radical (unpaired) electrons. The van der Waals surface area contributed by atoms with E-state index in [1.807, 2.05) is 32.9 Å². The van der Waals surface area contributed by atoms with E-state index in [0.29, 0.717) is 51.0 Å². The Hall–Kier alpha value is -2.88. The largest absolute Gasteiger partial charge is 0.483 e. The van der Waals surface area contributed by atoms with E-state index >= 15 is 0 Å². The number of carbonyl (C=O) groups is 2. The molecule has 0 spiro atoms. The maximum atomic E-state index is 12.8. The summed E-state index contributed by atoms with van der Waals surface area (Å²) in [5.41, 5.74) is 1.98. The average molecular weight is 535 g/mol. The summed E-state index contributed by atoms with van der Waals surface area (Å²) in [6.07, 6.45) is 0.304. The molecule has 184 valence electrons. The number of amides is 2. The highest BCUT2D eigenvalue weighted by atomic mass is 35.5. The number of fused-ring (bicyclic) bond motifs is 1. The van der Waals surface area contributed by atoms with Crippen molar-refractivity contribution in [2.24, 2.45) is 0 Å². The Morgan fingerprint density at radius 3 is 2.57 bits per heavy atom. The Morgan fingerprint density at radius 1 is 1.11 bits per heavy atom. The number of hydrogen-bond donors (Lipinski definition) is 1. The molecule has 0 atom stereocenters. The molecular formula is C24H24Cl2N4O4S. The monoisotopic (exact) mass is 534 g/mol. The number of aromatic nitrogens is 2. The fourth-order valence-corrected chi connectivity index (χ4v) is 4.62. The topological polar surface area (TPSA) is 93.7 Å². The quantitative estimate of drug-likeness (QED) is 0.433. The Labute approximate surface area is 217 Å². The van der Waals surface area contributed by atoms with E-state index in [1.54, 1.807) is 29.2 Å². The van der Waals surface area contributed by atoms with Crippen LogP contribution in [0.1, 0.15) is 47.3 Å². The normalized spacial score (nSPS) is 13.2. The molecule has 0 fully saturated rings. The Morgan fingerprint density at radius 2 is 1.86 bits per heavy atom. The summed E-state index contributed by atoms with van der Waals surface area (Å²) in [6, 6.07) is 10.5. The predicted molar refractivity (Wildman–Crippen MR) is 135 cm³/mol. The molecule has 0 aliphatic carbocycles. The van der Waals surface area contributed by atoms with Crippen molar-refractivity contribution in [2.45, 2.75) is 45.9 Å². The first-order valence-electron chi connectivity index (χ1n) is 10.9. The van der Waals surface area contributed by atoms with Gasteiger partial charge in [0.05, 0.1) is 10.0 Å². The van der Waals surface area contributed by atoms with E-state index < -0.39 is 5.60 Å². The van der Waals surface area contributed by atoms with Gasteiger partial charge in [0.25, 0.3) is 5.91 Å². The number of benzene rings is 2. The van der Waals surface area contributed by atoms with Gasteiger partial charge in [-0.05, 0) is 62.6 Å². The zero-order valence-electron chi connectivity index (χ0n) is 19.4. The third-order valence-corrected chi connectivity index (χ3v) is 6.49. The number of carbonyl (C=O) groups excluding carboxylic acids is 2. The van der Waals surface area contributed by atoms with Crippen molar-refractivity contribution >= 4 is 51.7 Å². The molecule has 1 aliphatic rings. The molecular weight excluding hydrogens is 511 g/mol. The number of anilines is 1. The van der Waals surface area contributed by atoms with Gasteiger partial charge in [-0.1, -0.05) is 46.7 Å². The van der Waals surface area contributed by atoms with Crippen LogP contribution in [0.25, 0.3) is 0 Å². The van der Waals surface area contributed by atoms with Gasteiger partial charge in [-0.15, -0.1) is 10.2 Å². The molecule has 35 heavy (non-hydrogen) atoms. The summed E-state index contributed by atoms with van der Waals surface area (Å²) in [5.74, 6) is 0.0797. The third kappa shape index (κ3) is 6.42. The van der Waals surface area contributed by atoms with Crippen molar-refractivity contribution in [3.63, 3.8) is 0 Å². The minimum Gasteiger partial charge on any atom is -0.483 e. The summed E-state index contributed by atoms with van der Waals surface area (Å²) < 4.78 is 11.1. The third-order valence-electron chi connectivity index (χ3n) is 5.08. The summed E-state index contributed by atoms with van der Waals surface area (Å²) in [4.78, 5) is 26.8. The van der Waals surface area contributed by atoms with E-state index in [0.717, 1.165) is 11.1 Å². The molecule has 0 saturated heterocycles. The Kier molecular flexibility index (Phi) is 7.49. The second kappa shape index (κ2) is 10.4. The van der Waals surface area contributed by atoms with E-state index in [9.17, 15) is 9.59 Å². The van der Waals surface area contributed by atoms with Gasteiger partial charge in [0.15, 0.2) is 10.8 Å². The summed E-state index contributed by atoms with van der Waals surface area (Å²) in [6.45, 7) is 6.62. The van der Waals surface area contributed by atoms with Crippen LogP contribution in [0, 0.1) is 0 Å². The van der Waals surface area contributed by atoms with Crippen LogP contribution < -0.4 is 10.1 Å². The number of ether oxygens (including phenoxy) is 2. The van der Waals surface area contributed by atoms with E-state index in [-0.39, 0.29) is 18.6 Å². The van der Waals surface area contributed by atoms with Gasteiger partial charge in [0, 0.05) is 18.7 Å². The molecule has 0 saturated carbocycles. The lowest BCUT2D eigenvalue weighted by atomic mass is 9.97. The standard InChI is InChI=1S/C24H24Cl2N4O4S/c1-24(2,3)34-23(32)30-10-9-14-11-15(7-8-16(14)12-30)21(31)27-22-29-28-19(35-22)13-33-20-17(25)5-4-6-18(20)26/h4-8,11H,9-10,12-13H2,1-3H3,(H,27,29,31). The second-order valence-electron chi connectivity index (χ2n) is 8.93. The maximum absolute atomic E-state index is 12.8. The van der Waals surface area contributed by atoms with Crippen LogP contribution in [0.2, 0.25) is 10.0 Å². The second-order valence-corrected chi connectivity index (χ2v) is 10.8. The highest BCUT2D eigenvalue weighted by molar-refractivity contribution is 7.15. The Bertz CT molecular complexity index is 1240. The van der Waals surface area contributed by atoms with Crippen molar-refractivity contribution in [1.82, 2.24) is 15.1 Å². The van der Waals surface area contributed by atoms with Crippen molar-refractivity contribution in [1.29, 1.82) is 0 Å². The van der Waals surface area contributed by atoms with Gasteiger partial charge < -0.3 is 14.4 Å². The molecule has 8 nitrogen and oxygen atoms in total. The first-order chi connectivity index (χ1) is 16.6. The van der Waals surface area contributed by atoms with Crippen molar-refractivity contribution in [2.75, 3.05) is 11.9 Å². The molecule has 0 unspecified atom stereocenters. The van der Waals surface area contributed by atoms with E-state index in [2.05, 4.69) is 15.5 Å². The SMILES string of the molecule is CC(C)(C)OC(=O)N1CCc2cc(C(=O)Nc3nnc(COc4c(Cl)cccc4Cl)s3)ccc2C1. The van der Waals surface area contributed by atoms with Gasteiger partial charge in [0.1, 0.15) is 12.2 Å². The molecule has 2 heterocycles. The summed E-state index contributed by atoms with van der Waals surface area (Å²) in [7, 11) is 0. The van der Waals surface area contributed by atoms with Crippen LogP contribution in [-0.2, 0) is 24.3 Å². The van der Waals surface area contributed by atoms with Crippen LogP contribution in [0.4, 0.5) is 9.93 Å². The van der Waals surface area contributed by atoms with Gasteiger partial charge in [0.2, 0.25) is 5.13 Å². The molecule has 2 amide bonds. The fourth-order valence-electron chi connectivity index (χ4n) is 3.46. The lowest BCUT2D eigenvalue weighted by Gasteiger charge is -2.31. The molecule has 4 rings (SSSR count). The lowest BCUT2D eigenvalue weighted by molar-refractivity contribution is 0.0224. The average Bonchev–Trinajstić information content (AvgIpc) is 3.24. The van der Waals surface area contributed by atoms with Crippen molar-refractivity contribution in [3.8, 4) is 5.75 Å². The van der Waals surface area contributed by atoms with E-state index in [1.165, 1.54) is 11.3 Å². The number of hydrogen-bond acceptors (Lipinski definition) is 7. The van der Waals surface area contributed by atoms with Gasteiger partial charge in [-0.2, -0.15) is 0 Å². The van der Waals surface area contributed by atoms with Gasteiger partial charge in [-0.25, -0.2) is 4.79 Å². The molecule has 1 aromatic heterocycles. The van der Waals surface area contributed by atoms with Crippen LogP contribution >= 0.6 is 34.5 Å². The van der Waals surface area contributed by atoms with Crippen molar-refractivity contribution < 1.29 is 19.1 Å². The molecule has 11 heteroatoms. The predicted octanol–water partition coefficient (Wildman–Crippen LogP) is 5.97. The molecule has 1 aliphatic heterocycles. The van der Waals surface area contributed by atoms with Crippen molar-refractivity contribution in [3.05, 3.63) is 68.1 Å². The molecule has 3 aromatic rings. The summed E-state index contributed by atoms with van der Waals surface area (Å²) in [5, 5.41) is 12.6. The first-order valence-corrected chi connectivity index (χ1v) is 12.5. The highest BCUT2D eigenvalue weighted by Gasteiger charge is 2.26. The minimum absolute atomic E-state index is 0.115. The number of halogens is 2. The molecule has 2 aromatic carbocycles. The summed E-state index contributed by atoms with van der Waals surface area (Å²) >= 11 is 13.4. The van der Waals surface area contributed by atoms with Crippen LogP contribution in [0.3, 0.4) is 0 Å². The fraction of sp³-hybridized carbons (Fsp3) is 0.333. The molecule has 0 bridgehead atoms. The van der Waals surface area contributed by atoms with Crippen LogP contribution in [0.5, 0.6) is 5.75 Å². The Balaban J connectivity index is 1.36.